The molecule has 0 unspecified atom stereocenters. The molecule has 0 amide bonds. The van der Waals surface area contributed by atoms with Gasteiger partial charge in [-0.1, -0.05) is 0 Å². The molecule has 0 fully saturated rings. The van der Waals surface area contributed by atoms with Gasteiger partial charge in [0.05, 0.1) is 13.6 Å². The fraction of sp³-hybridized carbons (Fsp3) is 0.375. The summed E-state index contributed by atoms with van der Waals surface area (Å²) in [5.74, 6) is 0.0871. The Balaban J connectivity index is 0.000001000. The highest BCUT2D eigenvalue weighted by Crippen LogP contribution is 2.08. The minimum atomic E-state index is 0. The number of allylic oxidation sites excluding steroid dienone is 2. The van der Waals surface area contributed by atoms with Crippen LogP contribution in [0.1, 0.15) is 6.92 Å². The molecule has 0 spiro atoms. The lowest BCUT2D eigenvalue weighted by Gasteiger charge is -2.24. The van der Waals surface area contributed by atoms with Gasteiger partial charge in [0, 0.05) is 12.2 Å². The Morgan fingerprint density at radius 3 is 2.18 bits per heavy atom. The van der Waals surface area contributed by atoms with Crippen LogP contribution < -0.4 is 24.0 Å². The van der Waals surface area contributed by atoms with Crippen molar-refractivity contribution in [3.63, 3.8) is 0 Å². The highest BCUT2D eigenvalue weighted by molar-refractivity contribution is 5.99. The van der Waals surface area contributed by atoms with Crippen molar-refractivity contribution in [1.29, 1.82) is 0 Å². The van der Waals surface area contributed by atoms with E-state index < -0.39 is 0 Å². The lowest BCUT2D eigenvalue weighted by molar-refractivity contribution is -0.804. The van der Waals surface area contributed by atoms with Crippen molar-refractivity contribution in [3.8, 4) is 0 Å². The van der Waals surface area contributed by atoms with Crippen LogP contribution in [0.15, 0.2) is 24.6 Å². The highest BCUT2D eigenvalue weighted by Gasteiger charge is 2.15. The Labute approximate surface area is 84.2 Å². The molecule has 0 aromatic heterocycles. The number of hydrogen-bond acceptors (Lipinski definition) is 1. The molecule has 1 rings (SSSR count). The Kier molecular flexibility index (Phi) is 3.96. The number of nitrogens with zero attached hydrogens (tertiary/aromatic N) is 1. The number of hydrogen-bond donors (Lipinski definition) is 0. The zero-order valence-electron chi connectivity index (χ0n) is 6.75. The van der Waals surface area contributed by atoms with Gasteiger partial charge in [-0.15, -0.1) is 0 Å². The number of carbonyl (C=O) groups is 1. The average molecular weight is 265 g/mol. The minimum Gasteiger partial charge on any atom is -1.00 e. The summed E-state index contributed by atoms with van der Waals surface area (Å²) >= 11 is 0. The quantitative estimate of drug-likeness (QED) is 0.398. The van der Waals surface area contributed by atoms with Crippen molar-refractivity contribution in [2.24, 2.45) is 0 Å². The van der Waals surface area contributed by atoms with Gasteiger partial charge in [-0.3, -0.25) is 9.28 Å². The van der Waals surface area contributed by atoms with Gasteiger partial charge in [-0.2, -0.15) is 0 Å². The van der Waals surface area contributed by atoms with Crippen molar-refractivity contribution in [1.82, 2.24) is 0 Å². The van der Waals surface area contributed by atoms with Crippen LogP contribution >= 0.6 is 0 Å². The van der Waals surface area contributed by atoms with E-state index >= 15 is 0 Å². The van der Waals surface area contributed by atoms with Gasteiger partial charge < -0.3 is 24.0 Å². The van der Waals surface area contributed by atoms with Gasteiger partial charge in [-0.05, 0) is 6.92 Å². The molecule has 3 heteroatoms. The Bertz CT molecular complexity index is 192. The van der Waals surface area contributed by atoms with Crippen LogP contribution in [0.3, 0.4) is 0 Å². The van der Waals surface area contributed by atoms with Gasteiger partial charge >= 0.3 is 0 Å². The van der Waals surface area contributed by atoms with Crippen LogP contribution in [0.25, 0.3) is 0 Å². The Morgan fingerprint density at radius 2 is 1.82 bits per heavy atom. The van der Waals surface area contributed by atoms with Crippen LogP contribution in [0.4, 0.5) is 0 Å². The third kappa shape index (κ3) is 2.75. The van der Waals surface area contributed by atoms with Gasteiger partial charge in [-0.25, -0.2) is 0 Å². The van der Waals surface area contributed by atoms with Crippen LogP contribution in [-0.4, -0.2) is 23.9 Å². The predicted octanol–water partition coefficient (Wildman–Crippen LogP) is -1.93. The SMILES string of the molecule is CC[N+]1(C)C=CC(=O)C=C1.[I-]. The van der Waals surface area contributed by atoms with Gasteiger partial charge in [0.2, 0.25) is 0 Å². The molecule has 0 N–H and O–H groups in total. The standard InChI is InChI=1S/C8H12NO.HI/c1-3-9(2)6-4-8(10)5-7-9;/h4-7H,3H2,1-2H3;1H/q+1;/p-1. The van der Waals surface area contributed by atoms with Crippen molar-refractivity contribution in [2.45, 2.75) is 6.92 Å². The van der Waals surface area contributed by atoms with E-state index in [0.29, 0.717) is 0 Å². The largest absolute Gasteiger partial charge is 1.00 e. The number of ketones is 1. The second-order valence-electron chi connectivity index (χ2n) is 2.70. The maximum atomic E-state index is 10.7. The summed E-state index contributed by atoms with van der Waals surface area (Å²) in [7, 11) is 2.06. The Hall–Kier alpha value is -0.160. The van der Waals surface area contributed by atoms with Gasteiger partial charge in [0.25, 0.3) is 0 Å². The predicted molar refractivity (Wildman–Crippen MR) is 40.0 cm³/mol. The third-order valence-corrected chi connectivity index (χ3v) is 1.84. The summed E-state index contributed by atoms with van der Waals surface area (Å²) in [6, 6.07) is 0. The molecular formula is C8H12INO. The number of carbonyl (C=O) groups excluding carboxylic acids is 1. The first kappa shape index (κ1) is 10.8. The molecule has 1 aliphatic heterocycles. The van der Waals surface area contributed by atoms with E-state index in [9.17, 15) is 4.79 Å². The lowest BCUT2D eigenvalue weighted by atomic mass is 10.3. The van der Waals surface area contributed by atoms with Crippen LogP contribution in [0.2, 0.25) is 0 Å². The highest BCUT2D eigenvalue weighted by atomic mass is 127. The fourth-order valence-corrected chi connectivity index (χ4v) is 0.804. The molecule has 1 aliphatic rings. The fourth-order valence-electron chi connectivity index (χ4n) is 0.804. The molecule has 0 aliphatic carbocycles. The zero-order chi connectivity index (χ0) is 7.61. The normalized spacial score (nSPS) is 19.6. The first-order valence-electron chi connectivity index (χ1n) is 3.44. The van der Waals surface area contributed by atoms with Gasteiger partial charge in [0.15, 0.2) is 5.78 Å². The zero-order valence-corrected chi connectivity index (χ0v) is 8.91. The molecule has 0 aromatic carbocycles. The first-order chi connectivity index (χ1) is 4.66. The van der Waals surface area contributed by atoms with E-state index in [1.54, 1.807) is 12.2 Å². The molecule has 11 heavy (non-hydrogen) atoms. The lowest BCUT2D eigenvalue weighted by Crippen LogP contribution is -3.00. The topological polar surface area (TPSA) is 17.1 Å². The van der Waals surface area contributed by atoms with Crippen molar-refractivity contribution < 1.29 is 33.3 Å². The van der Waals surface area contributed by atoms with Crippen molar-refractivity contribution in [3.05, 3.63) is 24.6 Å². The molecular weight excluding hydrogens is 253 g/mol. The van der Waals surface area contributed by atoms with Gasteiger partial charge in [0.1, 0.15) is 12.4 Å². The van der Waals surface area contributed by atoms with E-state index in [0.717, 1.165) is 11.0 Å². The summed E-state index contributed by atoms with van der Waals surface area (Å²) in [4.78, 5) is 10.7. The first-order valence-corrected chi connectivity index (χ1v) is 3.44. The van der Waals surface area contributed by atoms with E-state index in [2.05, 4.69) is 14.0 Å². The van der Waals surface area contributed by atoms with E-state index in [4.69, 9.17) is 0 Å². The maximum absolute atomic E-state index is 10.7. The summed E-state index contributed by atoms with van der Waals surface area (Å²) < 4.78 is 0.728. The van der Waals surface area contributed by atoms with E-state index in [-0.39, 0.29) is 29.8 Å². The molecule has 0 radical (unpaired) electrons. The minimum absolute atomic E-state index is 0. The third-order valence-electron chi connectivity index (χ3n) is 1.84. The average Bonchev–Trinajstić information content (AvgIpc) is 1.96. The van der Waals surface area contributed by atoms with Crippen LogP contribution in [0, 0.1) is 0 Å². The monoisotopic (exact) mass is 265 g/mol. The molecule has 0 saturated heterocycles. The smallest absolute Gasteiger partial charge is 0.189 e. The van der Waals surface area contributed by atoms with Crippen molar-refractivity contribution in [2.75, 3.05) is 13.6 Å². The molecule has 0 saturated carbocycles. The molecule has 0 atom stereocenters. The second kappa shape index (κ2) is 4.01. The molecule has 62 valence electrons. The second-order valence-corrected chi connectivity index (χ2v) is 2.70. The summed E-state index contributed by atoms with van der Waals surface area (Å²) in [5, 5.41) is 0. The molecule has 2 nitrogen and oxygen atoms in total. The number of quaternary nitrogens is 1. The van der Waals surface area contributed by atoms with Crippen LogP contribution in [-0.2, 0) is 4.79 Å². The van der Waals surface area contributed by atoms with Crippen LogP contribution in [0.5, 0.6) is 0 Å². The molecule has 0 bridgehead atoms. The van der Waals surface area contributed by atoms with Crippen molar-refractivity contribution >= 4 is 5.78 Å². The molecule has 0 aromatic rings. The maximum Gasteiger partial charge on any atom is 0.189 e. The number of halogens is 1. The summed E-state index contributed by atoms with van der Waals surface area (Å²) in [6.07, 6.45) is 7.04. The van der Waals surface area contributed by atoms with E-state index in [1.807, 2.05) is 12.4 Å². The molecule has 1 heterocycles. The number of rotatable bonds is 1. The Morgan fingerprint density at radius 1 is 1.36 bits per heavy atom. The van der Waals surface area contributed by atoms with E-state index in [1.165, 1.54) is 0 Å². The summed E-state index contributed by atoms with van der Waals surface area (Å²) in [6.45, 7) is 3.07. The summed E-state index contributed by atoms with van der Waals surface area (Å²) in [5.41, 5.74) is 0.